The van der Waals surface area contributed by atoms with E-state index < -0.39 is 0 Å². The molecule has 0 aliphatic heterocycles. The Bertz CT molecular complexity index is 327. The third kappa shape index (κ3) is 2.23. The normalized spacial score (nSPS) is 9.77. The SMILES string of the molecule is CNC(=O)c1cccc(CBr)c1Cl. The summed E-state index contributed by atoms with van der Waals surface area (Å²) in [5, 5.41) is 3.70. The van der Waals surface area contributed by atoms with E-state index in [0.717, 1.165) is 5.56 Å². The van der Waals surface area contributed by atoms with Gasteiger partial charge in [-0.1, -0.05) is 39.7 Å². The molecule has 1 amide bonds. The zero-order valence-corrected chi connectivity index (χ0v) is 9.45. The van der Waals surface area contributed by atoms with Gasteiger partial charge in [0.05, 0.1) is 10.6 Å². The molecule has 1 N–H and O–H groups in total. The first-order valence-corrected chi connectivity index (χ1v) is 5.26. The van der Waals surface area contributed by atoms with Gasteiger partial charge in [-0.15, -0.1) is 0 Å². The molecule has 0 fully saturated rings. The fourth-order valence-electron chi connectivity index (χ4n) is 0.993. The second-order valence-electron chi connectivity index (χ2n) is 2.49. The Morgan fingerprint density at radius 3 is 2.85 bits per heavy atom. The van der Waals surface area contributed by atoms with Crippen molar-refractivity contribution < 1.29 is 4.79 Å². The van der Waals surface area contributed by atoms with Crippen LogP contribution in [-0.4, -0.2) is 13.0 Å². The molecular weight excluding hydrogens is 253 g/mol. The molecule has 0 aliphatic carbocycles. The van der Waals surface area contributed by atoms with Crippen LogP contribution in [0.4, 0.5) is 0 Å². The van der Waals surface area contributed by atoms with Crippen LogP contribution in [0.5, 0.6) is 0 Å². The Labute approximate surface area is 90.4 Å². The molecule has 4 heteroatoms. The lowest BCUT2D eigenvalue weighted by atomic mass is 10.1. The Hall–Kier alpha value is -0.540. The Kier molecular flexibility index (Phi) is 3.75. The lowest BCUT2D eigenvalue weighted by Crippen LogP contribution is -2.18. The van der Waals surface area contributed by atoms with Gasteiger partial charge in [0.25, 0.3) is 5.91 Å². The van der Waals surface area contributed by atoms with Crippen LogP contribution in [0, 0.1) is 0 Å². The average Bonchev–Trinajstić information content (AvgIpc) is 2.17. The third-order valence-electron chi connectivity index (χ3n) is 1.69. The van der Waals surface area contributed by atoms with Gasteiger partial charge < -0.3 is 5.32 Å². The summed E-state index contributed by atoms with van der Waals surface area (Å²) in [4.78, 5) is 11.3. The second kappa shape index (κ2) is 4.63. The summed E-state index contributed by atoms with van der Waals surface area (Å²) in [6, 6.07) is 5.39. The van der Waals surface area contributed by atoms with E-state index in [1.807, 2.05) is 12.1 Å². The number of hydrogen-bond acceptors (Lipinski definition) is 1. The number of nitrogens with one attached hydrogen (secondary N) is 1. The standard InChI is InChI=1S/C9H9BrClNO/c1-12-9(13)7-4-2-3-6(5-10)8(7)11/h2-4H,5H2,1H3,(H,12,13). The smallest absolute Gasteiger partial charge is 0.252 e. The van der Waals surface area contributed by atoms with Crippen molar-refractivity contribution in [3.63, 3.8) is 0 Å². The highest BCUT2D eigenvalue weighted by Gasteiger charge is 2.10. The van der Waals surface area contributed by atoms with Gasteiger partial charge in [-0.05, 0) is 11.6 Å². The summed E-state index contributed by atoms with van der Waals surface area (Å²) in [5.74, 6) is -0.159. The zero-order chi connectivity index (χ0) is 9.84. The van der Waals surface area contributed by atoms with Gasteiger partial charge in [0.2, 0.25) is 0 Å². The van der Waals surface area contributed by atoms with E-state index >= 15 is 0 Å². The molecule has 0 aromatic heterocycles. The number of alkyl halides is 1. The quantitative estimate of drug-likeness (QED) is 0.816. The average molecular weight is 263 g/mol. The van der Waals surface area contributed by atoms with Gasteiger partial charge in [0.15, 0.2) is 0 Å². The van der Waals surface area contributed by atoms with Gasteiger partial charge in [0.1, 0.15) is 0 Å². The number of hydrogen-bond donors (Lipinski definition) is 1. The van der Waals surface area contributed by atoms with Crippen LogP contribution >= 0.6 is 27.5 Å². The first-order valence-electron chi connectivity index (χ1n) is 3.76. The first kappa shape index (κ1) is 10.5. The van der Waals surface area contributed by atoms with E-state index in [1.165, 1.54) is 0 Å². The minimum absolute atomic E-state index is 0.159. The van der Waals surface area contributed by atoms with E-state index in [9.17, 15) is 4.79 Å². The van der Waals surface area contributed by atoms with Crippen LogP contribution in [0.25, 0.3) is 0 Å². The number of benzene rings is 1. The van der Waals surface area contributed by atoms with Gasteiger partial charge >= 0.3 is 0 Å². The molecule has 0 spiro atoms. The fourth-order valence-corrected chi connectivity index (χ4v) is 1.90. The molecule has 0 atom stereocenters. The van der Waals surface area contributed by atoms with Crippen LogP contribution in [0.2, 0.25) is 5.02 Å². The van der Waals surface area contributed by atoms with Crippen molar-refractivity contribution >= 4 is 33.4 Å². The fraction of sp³-hybridized carbons (Fsp3) is 0.222. The van der Waals surface area contributed by atoms with E-state index in [0.29, 0.717) is 15.9 Å². The Morgan fingerprint density at radius 1 is 1.62 bits per heavy atom. The van der Waals surface area contributed by atoms with Crippen LogP contribution < -0.4 is 5.32 Å². The van der Waals surface area contributed by atoms with Gasteiger partial charge in [-0.2, -0.15) is 0 Å². The summed E-state index contributed by atoms with van der Waals surface area (Å²) in [6.07, 6.45) is 0. The number of carbonyl (C=O) groups excluding carboxylic acids is 1. The van der Waals surface area contributed by atoms with Crippen LogP contribution in [0.3, 0.4) is 0 Å². The Morgan fingerprint density at radius 2 is 2.31 bits per heavy atom. The van der Waals surface area contributed by atoms with Crippen molar-refractivity contribution in [2.24, 2.45) is 0 Å². The number of amides is 1. The number of rotatable bonds is 2. The van der Waals surface area contributed by atoms with Gasteiger partial charge in [-0.25, -0.2) is 0 Å². The predicted octanol–water partition coefficient (Wildman–Crippen LogP) is 2.59. The van der Waals surface area contributed by atoms with E-state index in [1.54, 1.807) is 13.1 Å². The molecule has 0 saturated carbocycles. The first-order chi connectivity index (χ1) is 6.20. The number of halogens is 2. The molecule has 70 valence electrons. The topological polar surface area (TPSA) is 29.1 Å². The molecule has 1 aromatic carbocycles. The minimum Gasteiger partial charge on any atom is -0.355 e. The Balaban J connectivity index is 3.15. The summed E-state index contributed by atoms with van der Waals surface area (Å²) in [6.45, 7) is 0. The summed E-state index contributed by atoms with van der Waals surface area (Å²) in [7, 11) is 1.58. The van der Waals surface area contributed by atoms with E-state index in [4.69, 9.17) is 11.6 Å². The number of carbonyl (C=O) groups is 1. The molecule has 13 heavy (non-hydrogen) atoms. The lowest BCUT2D eigenvalue weighted by molar-refractivity contribution is 0.0963. The van der Waals surface area contributed by atoms with Crippen LogP contribution in [-0.2, 0) is 5.33 Å². The summed E-state index contributed by atoms with van der Waals surface area (Å²) >= 11 is 9.29. The van der Waals surface area contributed by atoms with E-state index in [2.05, 4.69) is 21.2 Å². The minimum atomic E-state index is -0.159. The molecule has 0 radical (unpaired) electrons. The zero-order valence-electron chi connectivity index (χ0n) is 7.10. The molecule has 0 bridgehead atoms. The predicted molar refractivity (Wildman–Crippen MR) is 57.5 cm³/mol. The van der Waals surface area contributed by atoms with Crippen molar-refractivity contribution in [1.29, 1.82) is 0 Å². The van der Waals surface area contributed by atoms with Crippen LogP contribution in [0.15, 0.2) is 18.2 Å². The van der Waals surface area contributed by atoms with Gasteiger partial charge in [0, 0.05) is 12.4 Å². The van der Waals surface area contributed by atoms with Crippen molar-refractivity contribution in [1.82, 2.24) is 5.32 Å². The highest BCUT2D eigenvalue weighted by Crippen LogP contribution is 2.22. The van der Waals surface area contributed by atoms with Crippen molar-refractivity contribution in [3.05, 3.63) is 34.3 Å². The molecule has 0 unspecified atom stereocenters. The maximum atomic E-state index is 11.3. The highest BCUT2D eigenvalue weighted by molar-refractivity contribution is 9.08. The molecular formula is C9H9BrClNO. The van der Waals surface area contributed by atoms with Crippen LogP contribution in [0.1, 0.15) is 15.9 Å². The molecule has 1 aromatic rings. The lowest BCUT2D eigenvalue weighted by Gasteiger charge is -2.05. The third-order valence-corrected chi connectivity index (χ3v) is 2.74. The van der Waals surface area contributed by atoms with E-state index in [-0.39, 0.29) is 5.91 Å². The monoisotopic (exact) mass is 261 g/mol. The summed E-state index contributed by atoms with van der Waals surface area (Å²) < 4.78 is 0. The largest absolute Gasteiger partial charge is 0.355 e. The molecule has 2 nitrogen and oxygen atoms in total. The molecule has 0 saturated heterocycles. The van der Waals surface area contributed by atoms with Crippen molar-refractivity contribution in [2.45, 2.75) is 5.33 Å². The maximum Gasteiger partial charge on any atom is 0.252 e. The van der Waals surface area contributed by atoms with Gasteiger partial charge in [-0.3, -0.25) is 4.79 Å². The summed E-state index contributed by atoms with van der Waals surface area (Å²) in [5.41, 5.74) is 1.43. The van der Waals surface area contributed by atoms with Crippen molar-refractivity contribution in [3.8, 4) is 0 Å². The molecule has 0 aliphatic rings. The maximum absolute atomic E-state index is 11.3. The highest BCUT2D eigenvalue weighted by atomic mass is 79.9. The second-order valence-corrected chi connectivity index (χ2v) is 3.43. The van der Waals surface area contributed by atoms with Crippen molar-refractivity contribution in [2.75, 3.05) is 7.05 Å². The molecule has 1 rings (SSSR count). The molecule has 0 heterocycles.